The van der Waals surface area contributed by atoms with E-state index in [1.807, 2.05) is 32.0 Å². The Bertz CT molecular complexity index is 1160. The standard InChI is InChI=1S/C21H16FN3O/c1-12-9-15(10-13(2)24-12)17-11-18-19(26)7-8-23-21(18)25-20(17)14-3-5-16(22)6-4-14/h3-11H,1-2H3,(H,23,25,26). The molecule has 3 aromatic heterocycles. The molecule has 3 heterocycles. The van der Waals surface area contributed by atoms with Crippen LogP contribution in [0.1, 0.15) is 11.4 Å². The lowest BCUT2D eigenvalue weighted by molar-refractivity contribution is 0.628. The van der Waals surface area contributed by atoms with E-state index in [0.29, 0.717) is 16.7 Å². The third-order valence-corrected chi connectivity index (χ3v) is 4.25. The zero-order chi connectivity index (χ0) is 18.3. The predicted octanol–water partition coefficient (Wildman–Crippen LogP) is 4.41. The SMILES string of the molecule is Cc1cc(-c2cc3c(=O)cc[nH]c3nc2-c2ccc(F)cc2)cc(C)n1. The van der Waals surface area contributed by atoms with Crippen LogP contribution < -0.4 is 5.43 Å². The van der Waals surface area contributed by atoms with Crippen molar-refractivity contribution in [3.05, 3.63) is 82.2 Å². The summed E-state index contributed by atoms with van der Waals surface area (Å²) in [5.74, 6) is -0.305. The maximum atomic E-state index is 13.4. The van der Waals surface area contributed by atoms with Crippen molar-refractivity contribution in [1.29, 1.82) is 0 Å². The average molecular weight is 345 g/mol. The van der Waals surface area contributed by atoms with Gasteiger partial charge >= 0.3 is 0 Å². The maximum absolute atomic E-state index is 13.4. The molecule has 0 aliphatic carbocycles. The van der Waals surface area contributed by atoms with Gasteiger partial charge in [0.2, 0.25) is 0 Å². The van der Waals surface area contributed by atoms with Crippen molar-refractivity contribution in [2.24, 2.45) is 0 Å². The number of rotatable bonds is 2. The molecule has 0 aliphatic heterocycles. The summed E-state index contributed by atoms with van der Waals surface area (Å²) in [6.07, 6.45) is 1.58. The molecular formula is C21H16FN3O. The van der Waals surface area contributed by atoms with E-state index >= 15 is 0 Å². The van der Waals surface area contributed by atoms with Gasteiger partial charge in [0.05, 0.1) is 11.1 Å². The first kappa shape index (κ1) is 16.1. The molecule has 0 saturated heterocycles. The molecule has 128 valence electrons. The number of fused-ring (bicyclic) bond motifs is 1. The highest BCUT2D eigenvalue weighted by Gasteiger charge is 2.14. The first-order valence-electron chi connectivity index (χ1n) is 8.25. The van der Waals surface area contributed by atoms with Crippen LogP contribution in [0.5, 0.6) is 0 Å². The topological polar surface area (TPSA) is 58.6 Å². The van der Waals surface area contributed by atoms with E-state index < -0.39 is 0 Å². The second-order valence-electron chi connectivity index (χ2n) is 6.27. The van der Waals surface area contributed by atoms with Crippen LogP contribution in [0.4, 0.5) is 4.39 Å². The number of pyridine rings is 3. The van der Waals surface area contributed by atoms with Crippen LogP contribution in [-0.2, 0) is 0 Å². The lowest BCUT2D eigenvalue weighted by Crippen LogP contribution is -2.03. The highest BCUT2D eigenvalue weighted by molar-refractivity contribution is 5.90. The fourth-order valence-corrected chi connectivity index (χ4v) is 3.14. The molecule has 4 nitrogen and oxygen atoms in total. The fraction of sp³-hybridized carbons (Fsp3) is 0.0952. The highest BCUT2D eigenvalue weighted by atomic mass is 19.1. The van der Waals surface area contributed by atoms with Gasteiger partial charge in [0.1, 0.15) is 11.5 Å². The van der Waals surface area contributed by atoms with E-state index in [1.165, 1.54) is 18.2 Å². The van der Waals surface area contributed by atoms with Gasteiger partial charge in [-0.3, -0.25) is 9.78 Å². The zero-order valence-corrected chi connectivity index (χ0v) is 14.4. The van der Waals surface area contributed by atoms with E-state index in [-0.39, 0.29) is 11.2 Å². The van der Waals surface area contributed by atoms with Crippen molar-refractivity contribution in [3.63, 3.8) is 0 Å². The Balaban J connectivity index is 2.08. The van der Waals surface area contributed by atoms with Crippen LogP contribution in [0.25, 0.3) is 33.4 Å². The lowest BCUT2D eigenvalue weighted by atomic mass is 9.97. The lowest BCUT2D eigenvalue weighted by Gasteiger charge is -2.12. The summed E-state index contributed by atoms with van der Waals surface area (Å²) in [6.45, 7) is 3.85. The number of nitrogens with zero attached hydrogens (tertiary/aromatic N) is 2. The van der Waals surface area contributed by atoms with E-state index in [4.69, 9.17) is 0 Å². The summed E-state index contributed by atoms with van der Waals surface area (Å²) >= 11 is 0. The number of benzene rings is 1. The fourth-order valence-electron chi connectivity index (χ4n) is 3.14. The normalized spacial score (nSPS) is 11.0. The molecule has 0 unspecified atom stereocenters. The third-order valence-electron chi connectivity index (χ3n) is 4.25. The quantitative estimate of drug-likeness (QED) is 0.585. The number of hydrogen-bond acceptors (Lipinski definition) is 3. The highest BCUT2D eigenvalue weighted by Crippen LogP contribution is 2.33. The summed E-state index contributed by atoms with van der Waals surface area (Å²) in [5.41, 5.74) is 5.37. The minimum absolute atomic E-state index is 0.0966. The maximum Gasteiger partial charge on any atom is 0.191 e. The van der Waals surface area contributed by atoms with Crippen molar-refractivity contribution in [2.45, 2.75) is 13.8 Å². The van der Waals surface area contributed by atoms with Crippen LogP contribution in [0.15, 0.2) is 59.5 Å². The Morgan fingerprint density at radius 3 is 2.27 bits per heavy atom. The first-order chi connectivity index (χ1) is 12.5. The van der Waals surface area contributed by atoms with E-state index in [9.17, 15) is 9.18 Å². The molecule has 0 amide bonds. The van der Waals surface area contributed by atoms with E-state index in [0.717, 1.165) is 28.1 Å². The number of aromatic nitrogens is 3. The van der Waals surface area contributed by atoms with Crippen molar-refractivity contribution in [1.82, 2.24) is 15.0 Å². The van der Waals surface area contributed by atoms with Gasteiger partial charge in [-0.1, -0.05) is 0 Å². The van der Waals surface area contributed by atoms with Crippen LogP contribution in [0.3, 0.4) is 0 Å². The van der Waals surface area contributed by atoms with E-state index in [2.05, 4.69) is 15.0 Å². The second kappa shape index (κ2) is 6.19. The monoisotopic (exact) mass is 345 g/mol. The van der Waals surface area contributed by atoms with Gasteiger partial charge in [-0.2, -0.15) is 0 Å². The molecule has 26 heavy (non-hydrogen) atoms. The molecule has 4 rings (SSSR count). The van der Waals surface area contributed by atoms with Gasteiger partial charge in [0, 0.05) is 34.8 Å². The van der Waals surface area contributed by atoms with Gasteiger partial charge in [-0.15, -0.1) is 0 Å². The molecule has 4 aromatic rings. The first-order valence-corrected chi connectivity index (χ1v) is 8.25. The number of aromatic amines is 1. The number of H-pyrrole nitrogens is 1. The van der Waals surface area contributed by atoms with Gasteiger partial charge in [0.15, 0.2) is 5.43 Å². The molecule has 0 aliphatic rings. The van der Waals surface area contributed by atoms with Gasteiger partial charge in [0.25, 0.3) is 0 Å². The molecule has 0 radical (unpaired) electrons. The number of halogens is 1. The number of nitrogens with one attached hydrogen (secondary N) is 1. The second-order valence-corrected chi connectivity index (χ2v) is 6.27. The van der Waals surface area contributed by atoms with Crippen molar-refractivity contribution >= 4 is 11.0 Å². The molecule has 1 N–H and O–H groups in total. The molecule has 0 saturated carbocycles. The van der Waals surface area contributed by atoms with Crippen LogP contribution >= 0.6 is 0 Å². The molecule has 0 atom stereocenters. The predicted molar refractivity (Wildman–Crippen MR) is 100 cm³/mol. The zero-order valence-electron chi connectivity index (χ0n) is 14.4. The summed E-state index contributed by atoms with van der Waals surface area (Å²) in [6, 6.07) is 13.4. The molecule has 0 fully saturated rings. The van der Waals surface area contributed by atoms with Crippen molar-refractivity contribution in [2.75, 3.05) is 0 Å². The van der Waals surface area contributed by atoms with Crippen molar-refractivity contribution < 1.29 is 4.39 Å². The minimum Gasteiger partial charge on any atom is -0.346 e. The molecule has 0 spiro atoms. The molecule has 0 bridgehead atoms. The minimum atomic E-state index is -0.305. The Kier molecular flexibility index (Phi) is 3.84. The third kappa shape index (κ3) is 2.88. The van der Waals surface area contributed by atoms with E-state index in [1.54, 1.807) is 18.3 Å². The Morgan fingerprint density at radius 1 is 0.885 bits per heavy atom. The summed E-state index contributed by atoms with van der Waals surface area (Å²) < 4.78 is 13.4. The molecular weight excluding hydrogens is 329 g/mol. The average Bonchev–Trinajstić information content (AvgIpc) is 2.61. The smallest absolute Gasteiger partial charge is 0.191 e. The van der Waals surface area contributed by atoms with Gasteiger partial charge < -0.3 is 4.98 Å². The summed E-state index contributed by atoms with van der Waals surface area (Å²) in [7, 11) is 0. The van der Waals surface area contributed by atoms with Gasteiger partial charge in [-0.05, 0) is 61.9 Å². The van der Waals surface area contributed by atoms with Gasteiger partial charge in [-0.25, -0.2) is 9.37 Å². The Morgan fingerprint density at radius 2 is 1.58 bits per heavy atom. The number of aryl methyl sites for hydroxylation is 2. The summed E-state index contributed by atoms with van der Waals surface area (Å²) in [5, 5.41) is 0.514. The number of hydrogen-bond donors (Lipinski definition) is 1. The van der Waals surface area contributed by atoms with Crippen LogP contribution in [0, 0.1) is 19.7 Å². The summed E-state index contributed by atoms with van der Waals surface area (Å²) in [4.78, 5) is 24.4. The van der Waals surface area contributed by atoms with Crippen molar-refractivity contribution in [3.8, 4) is 22.4 Å². The molecule has 1 aromatic carbocycles. The Labute approximate surface area is 149 Å². The Hall–Kier alpha value is -3.34. The molecule has 5 heteroatoms. The van der Waals surface area contributed by atoms with Crippen LogP contribution in [0.2, 0.25) is 0 Å². The van der Waals surface area contributed by atoms with Crippen LogP contribution in [-0.4, -0.2) is 15.0 Å². The largest absolute Gasteiger partial charge is 0.346 e.